The van der Waals surface area contributed by atoms with E-state index in [0.29, 0.717) is 17.0 Å². The summed E-state index contributed by atoms with van der Waals surface area (Å²) in [6, 6.07) is 8.38. The molecule has 2 aliphatic rings. The van der Waals surface area contributed by atoms with E-state index < -0.39 is 11.7 Å². The molecule has 1 aliphatic heterocycles. The Morgan fingerprint density at radius 1 is 1.03 bits per heavy atom. The summed E-state index contributed by atoms with van der Waals surface area (Å²) in [5.74, 6) is 0.420. The zero-order chi connectivity index (χ0) is 21.0. The van der Waals surface area contributed by atoms with E-state index >= 15 is 0 Å². The summed E-state index contributed by atoms with van der Waals surface area (Å²) >= 11 is 0. The van der Waals surface area contributed by atoms with Gasteiger partial charge < -0.3 is 15.0 Å². The highest BCUT2D eigenvalue weighted by Crippen LogP contribution is 2.41. The Labute approximate surface area is 175 Å². The van der Waals surface area contributed by atoms with Crippen LogP contribution >= 0.6 is 0 Å². The van der Waals surface area contributed by atoms with E-state index in [1.54, 1.807) is 24.4 Å². The summed E-state index contributed by atoms with van der Waals surface area (Å²) in [6.07, 6.45) is 2.19. The van der Waals surface area contributed by atoms with Crippen molar-refractivity contribution in [2.45, 2.75) is 50.8 Å². The lowest BCUT2D eigenvalue weighted by atomic mass is 9.81. The summed E-state index contributed by atoms with van der Waals surface area (Å²) in [5, 5.41) is 3.31. The molecule has 2 heterocycles. The average molecular weight is 419 g/mol. The van der Waals surface area contributed by atoms with E-state index in [1.165, 1.54) is 6.07 Å². The molecule has 0 radical (unpaired) electrons. The first kappa shape index (κ1) is 21.0. The molecule has 0 amide bonds. The molecule has 1 aromatic heterocycles. The van der Waals surface area contributed by atoms with Gasteiger partial charge in [-0.15, -0.1) is 0 Å². The van der Waals surface area contributed by atoms with Crippen molar-refractivity contribution >= 4 is 5.69 Å². The minimum Gasteiger partial charge on any atom is -0.473 e. The van der Waals surface area contributed by atoms with Crippen molar-refractivity contribution in [3.63, 3.8) is 0 Å². The van der Waals surface area contributed by atoms with Gasteiger partial charge >= 0.3 is 6.18 Å². The first-order valence-electron chi connectivity index (χ1n) is 10.8. The van der Waals surface area contributed by atoms with Gasteiger partial charge in [0.15, 0.2) is 0 Å². The lowest BCUT2D eigenvalue weighted by molar-refractivity contribution is -0.138. The third kappa shape index (κ3) is 5.06. The van der Waals surface area contributed by atoms with Crippen LogP contribution in [0.1, 0.15) is 54.7 Å². The molecule has 30 heavy (non-hydrogen) atoms. The van der Waals surface area contributed by atoms with Crippen molar-refractivity contribution in [3.05, 3.63) is 53.2 Å². The van der Waals surface area contributed by atoms with Crippen LogP contribution in [-0.2, 0) is 12.8 Å². The summed E-state index contributed by atoms with van der Waals surface area (Å²) in [6.45, 7) is 3.80. The van der Waals surface area contributed by atoms with Gasteiger partial charge in [-0.2, -0.15) is 13.2 Å². The fourth-order valence-corrected chi connectivity index (χ4v) is 4.43. The summed E-state index contributed by atoms with van der Waals surface area (Å²) in [7, 11) is 0. The van der Waals surface area contributed by atoms with Gasteiger partial charge in [0.1, 0.15) is 6.61 Å². The minimum atomic E-state index is -4.36. The predicted molar refractivity (Wildman–Crippen MR) is 111 cm³/mol. The number of halogens is 3. The van der Waals surface area contributed by atoms with E-state index in [-0.39, 0.29) is 12.5 Å². The molecule has 2 aromatic rings. The molecular formula is C23H28F3N3O. The van der Waals surface area contributed by atoms with E-state index in [1.807, 2.05) is 6.07 Å². The fourth-order valence-electron chi connectivity index (χ4n) is 4.43. The maximum Gasteiger partial charge on any atom is 0.416 e. The van der Waals surface area contributed by atoms with Crippen molar-refractivity contribution in [2.24, 2.45) is 0 Å². The monoisotopic (exact) mass is 419 g/mol. The molecule has 1 saturated heterocycles. The van der Waals surface area contributed by atoms with Crippen molar-refractivity contribution in [1.29, 1.82) is 0 Å². The number of piperazine rings is 1. The van der Waals surface area contributed by atoms with Crippen molar-refractivity contribution in [3.8, 4) is 5.88 Å². The first-order chi connectivity index (χ1) is 14.5. The smallest absolute Gasteiger partial charge is 0.416 e. The molecule has 2 fully saturated rings. The molecular weight excluding hydrogens is 391 g/mol. The highest BCUT2D eigenvalue weighted by Gasteiger charge is 2.35. The number of pyridine rings is 1. The number of hydrogen-bond acceptors (Lipinski definition) is 4. The molecule has 0 unspecified atom stereocenters. The Kier molecular flexibility index (Phi) is 6.46. The average Bonchev–Trinajstić information content (AvgIpc) is 2.78. The maximum absolute atomic E-state index is 13.7. The van der Waals surface area contributed by atoms with Crippen LogP contribution in [0.5, 0.6) is 5.88 Å². The van der Waals surface area contributed by atoms with Crippen LogP contribution < -0.4 is 15.0 Å². The minimum absolute atomic E-state index is 0.00421. The van der Waals surface area contributed by atoms with Gasteiger partial charge in [-0.3, -0.25) is 0 Å². The number of nitrogens with one attached hydrogen (secondary N) is 1. The lowest BCUT2D eigenvalue weighted by Crippen LogP contribution is -2.43. The molecule has 1 aliphatic carbocycles. The summed E-state index contributed by atoms with van der Waals surface area (Å²) < 4.78 is 46.8. The molecule has 0 bridgehead atoms. The Balaban J connectivity index is 1.44. The lowest BCUT2D eigenvalue weighted by Gasteiger charge is -2.29. The topological polar surface area (TPSA) is 37.4 Å². The number of rotatable bonds is 5. The van der Waals surface area contributed by atoms with E-state index in [9.17, 15) is 13.2 Å². The maximum atomic E-state index is 13.7. The molecule has 1 aromatic carbocycles. The quantitative estimate of drug-likeness (QED) is 0.729. The number of benzene rings is 1. The molecule has 0 spiro atoms. The number of nitrogens with zero attached hydrogens (tertiary/aromatic N) is 2. The predicted octanol–water partition coefficient (Wildman–Crippen LogP) is 5.14. The van der Waals surface area contributed by atoms with Gasteiger partial charge in [0.05, 0.1) is 17.4 Å². The van der Waals surface area contributed by atoms with Crippen LogP contribution in [0, 0.1) is 0 Å². The third-order valence-corrected chi connectivity index (χ3v) is 6.06. The second-order valence-corrected chi connectivity index (χ2v) is 8.13. The van der Waals surface area contributed by atoms with Crippen molar-refractivity contribution < 1.29 is 17.9 Å². The van der Waals surface area contributed by atoms with Crippen LogP contribution in [0.15, 0.2) is 36.5 Å². The largest absolute Gasteiger partial charge is 0.473 e. The highest BCUT2D eigenvalue weighted by molar-refractivity contribution is 5.46. The van der Waals surface area contributed by atoms with Gasteiger partial charge in [-0.1, -0.05) is 31.4 Å². The molecule has 4 nitrogen and oxygen atoms in total. The molecule has 162 valence electrons. The second kappa shape index (κ2) is 9.25. The Morgan fingerprint density at radius 2 is 1.80 bits per heavy atom. The highest BCUT2D eigenvalue weighted by atomic mass is 19.4. The van der Waals surface area contributed by atoms with Gasteiger partial charge in [-0.25, -0.2) is 4.98 Å². The Bertz CT molecular complexity index is 827. The Hall–Kier alpha value is -2.28. The van der Waals surface area contributed by atoms with Crippen LogP contribution in [0.2, 0.25) is 0 Å². The number of aromatic nitrogens is 1. The van der Waals surface area contributed by atoms with Crippen LogP contribution in [0.4, 0.5) is 18.9 Å². The number of anilines is 1. The number of alkyl halides is 3. The summed E-state index contributed by atoms with van der Waals surface area (Å²) in [5.41, 5.74) is 1.46. The molecule has 4 rings (SSSR count). The normalized spacial score (nSPS) is 18.4. The molecule has 1 saturated carbocycles. The zero-order valence-corrected chi connectivity index (χ0v) is 17.0. The van der Waals surface area contributed by atoms with Crippen LogP contribution in [0.25, 0.3) is 0 Å². The number of ether oxygens (including phenoxy) is 1. The van der Waals surface area contributed by atoms with Gasteiger partial charge in [0.25, 0.3) is 0 Å². The van der Waals surface area contributed by atoms with Gasteiger partial charge in [-0.05, 0) is 42.0 Å². The molecule has 0 atom stereocenters. The fraction of sp³-hybridized carbons (Fsp3) is 0.522. The van der Waals surface area contributed by atoms with Gasteiger partial charge in [0, 0.05) is 32.2 Å². The van der Waals surface area contributed by atoms with E-state index in [0.717, 1.165) is 64.0 Å². The SMILES string of the molecule is FC(F)(F)c1cc(COc2ccc(N3CCNCC3)cn2)ccc1C1CCCCC1. The van der Waals surface area contributed by atoms with Crippen molar-refractivity contribution in [2.75, 3.05) is 31.1 Å². The summed E-state index contributed by atoms with van der Waals surface area (Å²) in [4.78, 5) is 6.57. The second-order valence-electron chi connectivity index (χ2n) is 8.13. The standard InChI is InChI=1S/C23H28F3N3O/c24-23(25,26)21-14-17(6-8-20(21)18-4-2-1-3-5-18)16-30-22-9-7-19(15-28-22)29-12-10-27-11-13-29/h6-9,14-15,18,27H,1-5,10-13,16H2. The molecule has 7 heteroatoms. The Morgan fingerprint density at radius 3 is 2.47 bits per heavy atom. The van der Waals surface area contributed by atoms with Crippen molar-refractivity contribution in [1.82, 2.24) is 10.3 Å². The van der Waals surface area contributed by atoms with E-state index in [2.05, 4.69) is 15.2 Å². The van der Waals surface area contributed by atoms with Crippen LogP contribution in [0.3, 0.4) is 0 Å². The zero-order valence-electron chi connectivity index (χ0n) is 17.0. The third-order valence-electron chi connectivity index (χ3n) is 6.06. The van der Waals surface area contributed by atoms with Gasteiger partial charge in [0.2, 0.25) is 5.88 Å². The first-order valence-corrected chi connectivity index (χ1v) is 10.8. The number of hydrogen-bond donors (Lipinski definition) is 1. The van der Waals surface area contributed by atoms with Crippen LogP contribution in [-0.4, -0.2) is 31.2 Å². The van der Waals surface area contributed by atoms with E-state index in [4.69, 9.17) is 4.74 Å². The molecule has 1 N–H and O–H groups in total.